The molecule has 6 heteroatoms. The van der Waals surface area contributed by atoms with Crippen molar-refractivity contribution in [3.8, 4) is 0 Å². The van der Waals surface area contributed by atoms with Crippen LogP contribution in [0.2, 0.25) is 0 Å². The number of fused-ring (bicyclic) bond motifs is 1. The average Bonchev–Trinajstić information content (AvgIpc) is 2.99. The molecule has 2 heterocycles. The number of benzene rings is 2. The van der Waals surface area contributed by atoms with Crippen LogP contribution in [0.15, 0.2) is 70.5 Å². The van der Waals surface area contributed by atoms with Crippen molar-refractivity contribution in [3.63, 3.8) is 0 Å². The Morgan fingerprint density at radius 3 is 2.35 bits per heavy atom. The van der Waals surface area contributed by atoms with Crippen LogP contribution in [0.5, 0.6) is 0 Å². The summed E-state index contributed by atoms with van der Waals surface area (Å²) in [7, 11) is -3.58. The van der Waals surface area contributed by atoms with Crippen molar-refractivity contribution in [2.24, 2.45) is 0 Å². The van der Waals surface area contributed by atoms with Gasteiger partial charge in [-0.25, -0.2) is 8.42 Å². The van der Waals surface area contributed by atoms with E-state index in [1.807, 2.05) is 24.3 Å². The summed E-state index contributed by atoms with van der Waals surface area (Å²) >= 11 is 1.41. The molecule has 2 aromatic carbocycles. The molecule has 3 aromatic rings. The first-order valence-electron chi connectivity index (χ1n) is 8.52. The maximum atomic E-state index is 13.1. The largest absolute Gasteiger partial charge is 0.389 e. The molecular weight excluding hydrogens is 364 g/mol. The van der Waals surface area contributed by atoms with Gasteiger partial charge in [0.25, 0.3) is 0 Å². The topological polar surface area (TPSA) is 63.4 Å². The summed E-state index contributed by atoms with van der Waals surface area (Å²) in [4.78, 5) is 4.04. The highest BCUT2D eigenvalue weighted by atomic mass is 32.2. The van der Waals surface area contributed by atoms with E-state index in [-0.39, 0.29) is 0 Å². The Morgan fingerprint density at radius 2 is 1.65 bits per heavy atom. The van der Waals surface area contributed by atoms with Gasteiger partial charge < -0.3 is 5.73 Å². The fourth-order valence-electron chi connectivity index (χ4n) is 3.44. The van der Waals surface area contributed by atoms with Gasteiger partial charge in [-0.05, 0) is 29.7 Å². The first kappa shape index (κ1) is 17.3. The third-order valence-corrected chi connectivity index (χ3v) is 7.76. The van der Waals surface area contributed by atoms with E-state index >= 15 is 0 Å². The molecule has 0 unspecified atom stereocenters. The van der Waals surface area contributed by atoms with Gasteiger partial charge in [-0.3, -0.25) is 4.90 Å². The second-order valence-corrected chi connectivity index (χ2v) is 9.48. The number of anilines is 1. The van der Waals surface area contributed by atoms with Crippen LogP contribution in [0, 0.1) is 0 Å². The van der Waals surface area contributed by atoms with Crippen molar-refractivity contribution in [2.75, 3.05) is 12.3 Å². The monoisotopic (exact) mass is 384 g/mol. The van der Waals surface area contributed by atoms with E-state index in [4.69, 9.17) is 5.73 Å². The van der Waals surface area contributed by atoms with Gasteiger partial charge in [0.15, 0.2) is 0 Å². The van der Waals surface area contributed by atoms with Crippen LogP contribution in [0.1, 0.15) is 16.0 Å². The first-order valence-corrected chi connectivity index (χ1v) is 10.8. The fraction of sp³-hybridized carbons (Fsp3) is 0.200. The predicted octanol–water partition coefficient (Wildman–Crippen LogP) is 3.72. The molecule has 1 aliphatic heterocycles. The number of rotatable bonds is 4. The van der Waals surface area contributed by atoms with Crippen molar-refractivity contribution in [1.29, 1.82) is 0 Å². The Hall–Kier alpha value is -2.15. The summed E-state index contributed by atoms with van der Waals surface area (Å²) in [5.41, 5.74) is 8.33. The molecule has 2 N–H and O–H groups in total. The van der Waals surface area contributed by atoms with Crippen LogP contribution in [0.4, 0.5) is 5.00 Å². The van der Waals surface area contributed by atoms with Crippen LogP contribution in [-0.2, 0) is 29.3 Å². The summed E-state index contributed by atoms with van der Waals surface area (Å²) in [6, 6.07) is 18.9. The second-order valence-electron chi connectivity index (χ2n) is 6.46. The zero-order valence-corrected chi connectivity index (χ0v) is 15.9. The third kappa shape index (κ3) is 3.16. The summed E-state index contributed by atoms with van der Waals surface area (Å²) in [6.07, 6.45) is 0.706. The van der Waals surface area contributed by atoms with Crippen LogP contribution in [-0.4, -0.2) is 19.9 Å². The summed E-state index contributed by atoms with van der Waals surface area (Å²) in [6.45, 7) is 2.43. The quantitative estimate of drug-likeness (QED) is 0.745. The number of thiophene rings is 1. The second kappa shape index (κ2) is 6.87. The Balaban J connectivity index is 1.64. The molecule has 1 aliphatic rings. The fourth-order valence-corrected chi connectivity index (χ4v) is 6.58. The van der Waals surface area contributed by atoms with Gasteiger partial charge >= 0.3 is 0 Å². The van der Waals surface area contributed by atoms with Gasteiger partial charge in [-0.2, -0.15) is 0 Å². The molecule has 0 saturated heterocycles. The number of hydrogen-bond donors (Lipinski definition) is 1. The van der Waals surface area contributed by atoms with Gasteiger partial charge in [-0.15, -0.1) is 11.3 Å². The molecule has 0 aliphatic carbocycles. The van der Waals surface area contributed by atoms with Crippen molar-refractivity contribution in [1.82, 2.24) is 4.90 Å². The van der Waals surface area contributed by atoms with Crippen molar-refractivity contribution < 1.29 is 8.42 Å². The van der Waals surface area contributed by atoms with Crippen LogP contribution < -0.4 is 5.73 Å². The molecule has 4 nitrogen and oxygen atoms in total. The number of nitrogen functional groups attached to an aromatic ring is 1. The summed E-state index contributed by atoms with van der Waals surface area (Å²) in [5.74, 6) is 0. The lowest BCUT2D eigenvalue weighted by Gasteiger charge is -2.27. The lowest BCUT2D eigenvalue weighted by molar-refractivity contribution is 0.248. The maximum Gasteiger partial charge on any atom is 0.209 e. The first-order chi connectivity index (χ1) is 12.6. The summed E-state index contributed by atoms with van der Waals surface area (Å²) in [5, 5.41) is 0.403. The average molecular weight is 385 g/mol. The molecule has 0 fully saturated rings. The van der Waals surface area contributed by atoms with Crippen LogP contribution in [0.25, 0.3) is 0 Å². The molecule has 0 spiro atoms. The standard InChI is InChI=1S/C20H20N2O2S2/c21-20-19(26(23,24)16-9-5-2-6-10-16)17-11-12-22(14-18(17)25-20)13-15-7-3-1-4-8-15/h1-10H,11-14,21H2. The molecule has 4 rings (SSSR count). The van der Waals surface area contributed by atoms with Crippen LogP contribution in [0.3, 0.4) is 0 Å². The van der Waals surface area contributed by atoms with Crippen molar-refractivity contribution in [2.45, 2.75) is 29.3 Å². The molecule has 0 saturated carbocycles. The Bertz CT molecular complexity index is 1010. The predicted molar refractivity (Wildman–Crippen MR) is 105 cm³/mol. The minimum absolute atomic E-state index is 0.305. The molecular formula is C20H20N2O2S2. The summed E-state index contributed by atoms with van der Waals surface area (Å²) < 4.78 is 26.1. The molecule has 26 heavy (non-hydrogen) atoms. The number of hydrogen-bond acceptors (Lipinski definition) is 5. The molecule has 1 aromatic heterocycles. The van der Waals surface area contributed by atoms with E-state index in [1.165, 1.54) is 16.9 Å². The van der Waals surface area contributed by atoms with E-state index in [9.17, 15) is 8.42 Å². The Morgan fingerprint density at radius 1 is 1.00 bits per heavy atom. The lowest BCUT2D eigenvalue weighted by atomic mass is 10.1. The highest BCUT2D eigenvalue weighted by Crippen LogP contribution is 2.40. The normalized spacial score (nSPS) is 14.9. The van der Waals surface area contributed by atoms with Crippen molar-refractivity contribution >= 4 is 26.2 Å². The molecule has 0 atom stereocenters. The highest BCUT2D eigenvalue weighted by molar-refractivity contribution is 7.92. The number of nitrogens with zero attached hydrogens (tertiary/aromatic N) is 1. The van der Waals surface area contributed by atoms with E-state index in [0.717, 1.165) is 30.1 Å². The minimum Gasteiger partial charge on any atom is -0.389 e. The minimum atomic E-state index is -3.58. The Kier molecular flexibility index (Phi) is 4.56. The number of sulfone groups is 1. The Labute approximate surface area is 157 Å². The molecule has 0 bridgehead atoms. The van der Waals surface area contributed by atoms with Crippen molar-refractivity contribution in [3.05, 3.63) is 76.7 Å². The van der Waals surface area contributed by atoms with Gasteiger partial charge in [0.2, 0.25) is 9.84 Å². The van der Waals surface area contributed by atoms with E-state index < -0.39 is 9.84 Å². The molecule has 134 valence electrons. The van der Waals surface area contributed by atoms with E-state index in [2.05, 4.69) is 17.0 Å². The van der Waals surface area contributed by atoms with E-state index in [0.29, 0.717) is 21.2 Å². The van der Waals surface area contributed by atoms with Gasteiger partial charge in [0, 0.05) is 24.5 Å². The number of nitrogens with two attached hydrogens (primary N) is 1. The third-order valence-electron chi connectivity index (χ3n) is 4.68. The van der Waals surface area contributed by atoms with Crippen LogP contribution >= 0.6 is 11.3 Å². The zero-order chi connectivity index (χ0) is 18.1. The molecule has 0 amide bonds. The SMILES string of the molecule is Nc1sc2c(c1S(=O)(=O)c1ccccc1)CCN(Cc1ccccc1)C2. The van der Waals surface area contributed by atoms with Gasteiger partial charge in [-0.1, -0.05) is 48.5 Å². The van der Waals surface area contributed by atoms with Gasteiger partial charge in [0.05, 0.1) is 4.90 Å². The maximum absolute atomic E-state index is 13.1. The lowest BCUT2D eigenvalue weighted by Crippen LogP contribution is -2.29. The van der Waals surface area contributed by atoms with E-state index in [1.54, 1.807) is 24.3 Å². The molecule has 0 radical (unpaired) electrons. The zero-order valence-electron chi connectivity index (χ0n) is 14.3. The highest BCUT2D eigenvalue weighted by Gasteiger charge is 2.31. The van der Waals surface area contributed by atoms with Gasteiger partial charge in [0.1, 0.15) is 9.90 Å². The smallest absolute Gasteiger partial charge is 0.209 e.